The summed E-state index contributed by atoms with van der Waals surface area (Å²) in [7, 11) is -3.88. The molecule has 0 saturated carbocycles. The fourth-order valence-corrected chi connectivity index (χ4v) is 3.12. The maximum absolute atomic E-state index is 14.1. The van der Waals surface area contributed by atoms with Crippen LogP contribution >= 0.6 is 0 Å². The quantitative estimate of drug-likeness (QED) is 0.386. The number of fused-ring (bicyclic) bond motifs is 1. The van der Waals surface area contributed by atoms with Crippen molar-refractivity contribution in [2.24, 2.45) is 5.14 Å². The molecule has 0 amide bonds. The summed E-state index contributed by atoms with van der Waals surface area (Å²) in [5.74, 6) is -1.42. The fourth-order valence-electron chi connectivity index (χ4n) is 2.56. The number of hydrogen-bond donors (Lipinski definition) is 4. The Labute approximate surface area is 162 Å². The first-order valence-corrected chi connectivity index (χ1v) is 9.65. The molecule has 148 valence electrons. The van der Waals surface area contributed by atoms with Gasteiger partial charge in [0.2, 0.25) is 16.0 Å². The Balaban J connectivity index is 1.61. The van der Waals surface area contributed by atoms with E-state index in [4.69, 9.17) is 9.56 Å². The van der Waals surface area contributed by atoms with Gasteiger partial charge in [0, 0.05) is 11.4 Å². The second kappa shape index (κ2) is 7.00. The van der Waals surface area contributed by atoms with Gasteiger partial charge in [-0.1, -0.05) is 6.07 Å². The largest absolute Gasteiger partial charge is 0.417 e. The van der Waals surface area contributed by atoms with Crippen LogP contribution in [0.2, 0.25) is 0 Å². The number of aromatic nitrogens is 3. The number of oxazole rings is 1. The highest BCUT2D eigenvalue weighted by molar-refractivity contribution is 7.89. The number of primary sulfonamides is 1. The van der Waals surface area contributed by atoms with Crippen LogP contribution < -0.4 is 21.5 Å². The summed E-state index contributed by atoms with van der Waals surface area (Å²) in [5.41, 5.74) is 1.61. The fraction of sp³-hybridized carbons (Fsp3) is 0. The first-order valence-electron chi connectivity index (χ1n) is 8.10. The van der Waals surface area contributed by atoms with Gasteiger partial charge >= 0.3 is 5.76 Å². The summed E-state index contributed by atoms with van der Waals surface area (Å²) in [6, 6.07) is 10.4. The predicted molar refractivity (Wildman–Crippen MR) is 103 cm³/mol. The molecule has 0 saturated heterocycles. The molecule has 0 atom stereocenters. The van der Waals surface area contributed by atoms with Gasteiger partial charge in [0.1, 0.15) is 0 Å². The van der Waals surface area contributed by atoms with Gasteiger partial charge in [-0.25, -0.2) is 27.7 Å². The number of nitrogens with zero attached hydrogens (tertiary/aromatic N) is 2. The molecule has 2 aromatic carbocycles. The maximum atomic E-state index is 14.1. The number of halogens is 1. The summed E-state index contributed by atoms with van der Waals surface area (Å²) >= 11 is 0. The van der Waals surface area contributed by atoms with Crippen LogP contribution in [0.5, 0.6) is 0 Å². The summed E-state index contributed by atoms with van der Waals surface area (Å²) in [4.78, 5) is 21.5. The first-order chi connectivity index (χ1) is 13.8. The highest BCUT2D eigenvalue weighted by Crippen LogP contribution is 2.23. The monoisotopic (exact) mass is 416 g/mol. The Kier molecular flexibility index (Phi) is 4.48. The molecule has 0 unspecified atom stereocenters. The third-order valence-corrected chi connectivity index (χ3v) is 4.76. The van der Waals surface area contributed by atoms with Crippen LogP contribution in [0.1, 0.15) is 0 Å². The van der Waals surface area contributed by atoms with Crippen molar-refractivity contribution in [1.29, 1.82) is 0 Å². The molecule has 4 rings (SSSR count). The average molecular weight is 416 g/mol. The minimum absolute atomic E-state index is 0.0262. The molecule has 29 heavy (non-hydrogen) atoms. The van der Waals surface area contributed by atoms with E-state index < -0.39 is 21.6 Å². The minimum atomic E-state index is -3.88. The number of rotatable bonds is 5. The van der Waals surface area contributed by atoms with Crippen molar-refractivity contribution < 1.29 is 17.2 Å². The van der Waals surface area contributed by atoms with E-state index in [-0.39, 0.29) is 16.7 Å². The number of benzene rings is 2. The lowest BCUT2D eigenvalue weighted by atomic mass is 10.3. The number of H-pyrrole nitrogens is 1. The Bertz CT molecular complexity index is 1380. The zero-order valence-electron chi connectivity index (χ0n) is 14.5. The topological polar surface area (TPSA) is 156 Å². The van der Waals surface area contributed by atoms with Crippen LogP contribution in [-0.4, -0.2) is 23.4 Å². The van der Waals surface area contributed by atoms with E-state index in [1.807, 2.05) is 0 Å². The summed E-state index contributed by atoms with van der Waals surface area (Å²) in [6.45, 7) is 0. The summed E-state index contributed by atoms with van der Waals surface area (Å²) in [6.07, 6.45) is 0.958. The molecule has 0 spiro atoms. The zero-order valence-corrected chi connectivity index (χ0v) is 15.3. The van der Waals surface area contributed by atoms with E-state index in [0.717, 1.165) is 6.20 Å². The van der Waals surface area contributed by atoms with Crippen molar-refractivity contribution in [3.05, 3.63) is 65.0 Å². The molecule has 4 aromatic rings. The van der Waals surface area contributed by atoms with Gasteiger partial charge < -0.3 is 15.1 Å². The standard InChI is InChI=1S/C17H13FN6O4S/c18-12-8-20-16(22-9-2-1-3-11(6-9)29(19,26)27)24-15(12)21-10-4-5-14-13(7-10)23-17(25)28-14/h1-8H,(H,23,25)(H2,19,26,27)(H2,20,21,22,24). The van der Waals surface area contributed by atoms with Crippen LogP contribution in [0.4, 0.5) is 27.5 Å². The van der Waals surface area contributed by atoms with E-state index in [9.17, 15) is 17.6 Å². The van der Waals surface area contributed by atoms with E-state index >= 15 is 0 Å². The molecule has 0 aliphatic heterocycles. The number of sulfonamides is 1. The molecule has 0 fully saturated rings. The van der Waals surface area contributed by atoms with Gasteiger partial charge in [0.05, 0.1) is 16.6 Å². The van der Waals surface area contributed by atoms with Gasteiger partial charge in [0.25, 0.3) is 0 Å². The minimum Gasteiger partial charge on any atom is -0.408 e. The molecule has 0 aliphatic carbocycles. The highest BCUT2D eigenvalue weighted by Gasteiger charge is 2.11. The second-order valence-electron chi connectivity index (χ2n) is 5.94. The summed E-state index contributed by atoms with van der Waals surface area (Å²) < 4.78 is 42.0. The van der Waals surface area contributed by atoms with Gasteiger partial charge in [-0.15, -0.1) is 0 Å². The molecule has 10 nitrogen and oxygen atoms in total. The normalized spacial score (nSPS) is 11.5. The zero-order chi connectivity index (χ0) is 20.6. The number of aromatic amines is 1. The van der Waals surface area contributed by atoms with E-state index in [0.29, 0.717) is 22.5 Å². The lowest BCUT2D eigenvalue weighted by molar-refractivity contribution is 0.555. The van der Waals surface area contributed by atoms with E-state index in [1.165, 1.54) is 18.2 Å². The number of anilines is 4. The van der Waals surface area contributed by atoms with Crippen molar-refractivity contribution >= 4 is 44.3 Å². The van der Waals surface area contributed by atoms with Gasteiger partial charge in [0.15, 0.2) is 17.2 Å². The van der Waals surface area contributed by atoms with Gasteiger partial charge in [-0.2, -0.15) is 4.98 Å². The molecule has 2 aromatic heterocycles. The third kappa shape index (κ3) is 4.07. The van der Waals surface area contributed by atoms with Crippen molar-refractivity contribution in [1.82, 2.24) is 15.0 Å². The van der Waals surface area contributed by atoms with Crippen molar-refractivity contribution in [3.63, 3.8) is 0 Å². The Morgan fingerprint density at radius 1 is 1.10 bits per heavy atom. The molecule has 0 aliphatic rings. The van der Waals surface area contributed by atoms with Crippen molar-refractivity contribution in [3.8, 4) is 0 Å². The molecule has 2 heterocycles. The Morgan fingerprint density at radius 2 is 1.90 bits per heavy atom. The predicted octanol–water partition coefficient (Wildman–Crippen LogP) is 2.18. The lowest BCUT2D eigenvalue weighted by Gasteiger charge is -2.10. The summed E-state index contributed by atoms with van der Waals surface area (Å²) in [5, 5.41) is 10.7. The molecular weight excluding hydrogens is 403 g/mol. The van der Waals surface area contributed by atoms with E-state index in [2.05, 4.69) is 25.6 Å². The Morgan fingerprint density at radius 3 is 2.69 bits per heavy atom. The number of hydrogen-bond acceptors (Lipinski definition) is 8. The van der Waals surface area contributed by atoms with Crippen LogP contribution in [0, 0.1) is 5.82 Å². The smallest absolute Gasteiger partial charge is 0.408 e. The second-order valence-corrected chi connectivity index (χ2v) is 7.50. The van der Waals surface area contributed by atoms with Crippen molar-refractivity contribution in [2.45, 2.75) is 4.90 Å². The van der Waals surface area contributed by atoms with Crippen LogP contribution in [0.3, 0.4) is 0 Å². The van der Waals surface area contributed by atoms with Gasteiger partial charge in [-0.3, -0.25) is 4.98 Å². The number of nitrogens with one attached hydrogen (secondary N) is 3. The molecule has 0 radical (unpaired) electrons. The SMILES string of the molecule is NS(=O)(=O)c1cccc(Nc2ncc(F)c(Nc3ccc4oc(=O)[nH]c4c3)n2)c1. The first kappa shape index (κ1) is 18.6. The Hall–Kier alpha value is -3.77. The van der Waals surface area contributed by atoms with Crippen molar-refractivity contribution in [2.75, 3.05) is 10.6 Å². The van der Waals surface area contributed by atoms with Crippen LogP contribution in [0.15, 0.2) is 62.8 Å². The maximum Gasteiger partial charge on any atom is 0.417 e. The van der Waals surface area contributed by atoms with Crippen LogP contribution in [0.25, 0.3) is 11.1 Å². The van der Waals surface area contributed by atoms with Crippen LogP contribution in [-0.2, 0) is 10.0 Å². The number of nitrogens with two attached hydrogens (primary N) is 1. The molecule has 0 bridgehead atoms. The molecule has 5 N–H and O–H groups in total. The average Bonchev–Trinajstić information content (AvgIpc) is 3.03. The highest BCUT2D eigenvalue weighted by atomic mass is 32.2. The molecule has 12 heteroatoms. The van der Waals surface area contributed by atoms with E-state index in [1.54, 1.807) is 24.3 Å². The third-order valence-electron chi connectivity index (χ3n) is 3.84. The van der Waals surface area contributed by atoms with Gasteiger partial charge in [-0.05, 0) is 36.4 Å². The molecular formula is C17H13FN6O4S. The lowest BCUT2D eigenvalue weighted by Crippen LogP contribution is -2.12.